The van der Waals surface area contributed by atoms with Crippen molar-refractivity contribution in [3.63, 3.8) is 0 Å². The van der Waals surface area contributed by atoms with Crippen molar-refractivity contribution in [1.82, 2.24) is 0 Å². The number of ether oxygens (including phenoxy) is 2. The minimum atomic E-state index is -0.460. The molecule has 2 aromatic rings. The Kier molecular flexibility index (Phi) is 3.52. The van der Waals surface area contributed by atoms with Gasteiger partial charge in [-0.05, 0) is 36.8 Å². The average molecular weight is 283 g/mol. The molecule has 0 unspecified atom stereocenters. The summed E-state index contributed by atoms with van der Waals surface area (Å²) in [6.45, 7) is 2.30. The van der Waals surface area contributed by atoms with Gasteiger partial charge in [0, 0.05) is 0 Å². The first-order valence-electron chi connectivity index (χ1n) is 6.89. The lowest BCUT2D eigenvalue weighted by atomic mass is 10.1. The normalized spacial score (nSPS) is 17.1. The van der Waals surface area contributed by atoms with Gasteiger partial charge in [0.15, 0.2) is 6.10 Å². The molecule has 0 fully saturated rings. The molecule has 21 heavy (non-hydrogen) atoms. The van der Waals surface area contributed by atoms with Crippen molar-refractivity contribution in [3.05, 3.63) is 54.1 Å². The smallest absolute Gasteiger partial charge is 0.268 e. The quantitative estimate of drug-likeness (QED) is 0.869. The highest BCUT2D eigenvalue weighted by Crippen LogP contribution is 2.34. The highest BCUT2D eigenvalue weighted by atomic mass is 16.5. The van der Waals surface area contributed by atoms with E-state index in [9.17, 15) is 4.79 Å². The summed E-state index contributed by atoms with van der Waals surface area (Å²) in [6.07, 6.45) is -0.460. The maximum atomic E-state index is 12.4. The number of para-hydroxylation sites is 2. The number of hydrogen-bond donors (Lipinski definition) is 0. The monoisotopic (exact) mass is 283 g/mol. The molecule has 3 rings (SSSR count). The van der Waals surface area contributed by atoms with Crippen LogP contribution < -0.4 is 14.4 Å². The van der Waals surface area contributed by atoms with E-state index >= 15 is 0 Å². The van der Waals surface area contributed by atoms with Crippen molar-refractivity contribution >= 4 is 11.6 Å². The minimum absolute atomic E-state index is 0.0236. The SMILES string of the molecule is COc1ccc(CN2C(=O)[C@@H](C)Oc3ccccc32)cc1. The molecule has 0 spiro atoms. The fourth-order valence-corrected chi connectivity index (χ4v) is 2.44. The first-order chi connectivity index (χ1) is 10.2. The second kappa shape index (κ2) is 5.48. The summed E-state index contributed by atoms with van der Waals surface area (Å²) in [5.41, 5.74) is 1.87. The lowest BCUT2D eigenvalue weighted by Gasteiger charge is -2.33. The summed E-state index contributed by atoms with van der Waals surface area (Å²) in [5, 5.41) is 0. The zero-order valence-corrected chi connectivity index (χ0v) is 12.1. The molecular formula is C17H17NO3. The zero-order chi connectivity index (χ0) is 14.8. The van der Waals surface area contributed by atoms with Crippen molar-refractivity contribution in [3.8, 4) is 11.5 Å². The number of anilines is 1. The van der Waals surface area contributed by atoms with Crippen LogP contribution in [0.5, 0.6) is 11.5 Å². The number of methoxy groups -OCH3 is 1. The third kappa shape index (κ3) is 2.57. The second-order valence-corrected chi connectivity index (χ2v) is 5.00. The van der Waals surface area contributed by atoms with E-state index in [1.807, 2.05) is 48.5 Å². The molecule has 0 bridgehead atoms. The number of rotatable bonds is 3. The van der Waals surface area contributed by atoms with Crippen LogP contribution in [0.1, 0.15) is 12.5 Å². The summed E-state index contributed by atoms with van der Waals surface area (Å²) in [7, 11) is 1.64. The van der Waals surface area contributed by atoms with Crippen LogP contribution in [0.15, 0.2) is 48.5 Å². The molecule has 0 aliphatic carbocycles. The maximum absolute atomic E-state index is 12.4. The van der Waals surface area contributed by atoms with Gasteiger partial charge in [0.2, 0.25) is 0 Å². The summed E-state index contributed by atoms with van der Waals surface area (Å²) in [5.74, 6) is 1.53. The van der Waals surface area contributed by atoms with Gasteiger partial charge < -0.3 is 14.4 Å². The standard InChI is InChI=1S/C17H17NO3/c1-12-17(19)18(15-5-3-4-6-16(15)21-12)11-13-7-9-14(20-2)10-8-13/h3-10,12H,11H2,1-2H3/t12-/m1/s1. The van der Waals surface area contributed by atoms with Crippen LogP contribution in [0.25, 0.3) is 0 Å². The number of nitrogens with zero attached hydrogens (tertiary/aromatic N) is 1. The number of hydrogen-bond acceptors (Lipinski definition) is 3. The van der Waals surface area contributed by atoms with Gasteiger partial charge in [-0.15, -0.1) is 0 Å². The summed E-state index contributed by atoms with van der Waals surface area (Å²) >= 11 is 0. The van der Waals surface area contributed by atoms with Crippen LogP contribution >= 0.6 is 0 Å². The van der Waals surface area contributed by atoms with Gasteiger partial charge in [0.1, 0.15) is 11.5 Å². The molecule has 1 aliphatic rings. The van der Waals surface area contributed by atoms with Crippen molar-refractivity contribution in [2.75, 3.05) is 12.0 Å². The molecule has 0 saturated carbocycles. The lowest BCUT2D eigenvalue weighted by Crippen LogP contribution is -2.43. The highest BCUT2D eigenvalue weighted by molar-refractivity contribution is 5.99. The molecule has 1 heterocycles. The molecule has 4 heteroatoms. The van der Waals surface area contributed by atoms with E-state index in [0.29, 0.717) is 6.54 Å². The van der Waals surface area contributed by atoms with Crippen LogP contribution in [-0.2, 0) is 11.3 Å². The zero-order valence-electron chi connectivity index (χ0n) is 12.1. The van der Waals surface area contributed by atoms with Gasteiger partial charge in [-0.1, -0.05) is 24.3 Å². The molecule has 1 amide bonds. The van der Waals surface area contributed by atoms with Gasteiger partial charge in [0.05, 0.1) is 19.3 Å². The summed E-state index contributed by atoms with van der Waals surface area (Å²) in [4.78, 5) is 14.2. The second-order valence-electron chi connectivity index (χ2n) is 5.00. The van der Waals surface area contributed by atoms with E-state index in [0.717, 1.165) is 22.7 Å². The van der Waals surface area contributed by atoms with E-state index in [1.54, 1.807) is 18.9 Å². The van der Waals surface area contributed by atoms with Crippen molar-refractivity contribution in [1.29, 1.82) is 0 Å². The molecule has 0 saturated heterocycles. The van der Waals surface area contributed by atoms with E-state index in [2.05, 4.69) is 0 Å². The van der Waals surface area contributed by atoms with Crippen molar-refractivity contribution in [2.45, 2.75) is 19.6 Å². The van der Waals surface area contributed by atoms with E-state index in [4.69, 9.17) is 9.47 Å². The molecule has 0 radical (unpaired) electrons. The summed E-state index contributed by atoms with van der Waals surface area (Å²) < 4.78 is 10.8. The molecule has 0 aromatic heterocycles. The topological polar surface area (TPSA) is 38.8 Å². The Morgan fingerprint density at radius 3 is 2.57 bits per heavy atom. The first kappa shape index (κ1) is 13.5. The molecule has 0 N–H and O–H groups in total. The Balaban J connectivity index is 1.90. The largest absolute Gasteiger partial charge is 0.497 e. The van der Waals surface area contributed by atoms with Crippen LogP contribution in [0.3, 0.4) is 0 Å². The van der Waals surface area contributed by atoms with E-state index < -0.39 is 6.10 Å². The number of fused-ring (bicyclic) bond motifs is 1. The fourth-order valence-electron chi connectivity index (χ4n) is 2.44. The van der Waals surface area contributed by atoms with Crippen LogP contribution in [-0.4, -0.2) is 19.1 Å². The van der Waals surface area contributed by atoms with Gasteiger partial charge in [0.25, 0.3) is 5.91 Å². The summed E-state index contributed by atoms with van der Waals surface area (Å²) in [6, 6.07) is 15.3. The third-order valence-corrected chi connectivity index (χ3v) is 3.57. The molecule has 4 nitrogen and oxygen atoms in total. The van der Waals surface area contributed by atoms with Crippen molar-refractivity contribution in [2.24, 2.45) is 0 Å². The predicted octanol–water partition coefficient (Wildman–Crippen LogP) is 3.01. The fraction of sp³-hybridized carbons (Fsp3) is 0.235. The molecule has 1 aliphatic heterocycles. The van der Waals surface area contributed by atoms with E-state index in [1.165, 1.54) is 0 Å². The highest BCUT2D eigenvalue weighted by Gasteiger charge is 2.31. The number of carbonyl (C=O) groups is 1. The first-order valence-corrected chi connectivity index (χ1v) is 6.89. The van der Waals surface area contributed by atoms with Gasteiger partial charge in [-0.25, -0.2) is 0 Å². The van der Waals surface area contributed by atoms with E-state index in [-0.39, 0.29) is 5.91 Å². The maximum Gasteiger partial charge on any atom is 0.268 e. The minimum Gasteiger partial charge on any atom is -0.497 e. The van der Waals surface area contributed by atoms with Crippen LogP contribution in [0.2, 0.25) is 0 Å². The number of carbonyl (C=O) groups excluding carboxylic acids is 1. The lowest BCUT2D eigenvalue weighted by molar-refractivity contribution is -0.125. The van der Waals surface area contributed by atoms with Crippen LogP contribution in [0.4, 0.5) is 5.69 Å². The Morgan fingerprint density at radius 1 is 1.14 bits per heavy atom. The number of benzene rings is 2. The van der Waals surface area contributed by atoms with Gasteiger partial charge in [-0.3, -0.25) is 4.79 Å². The molecule has 108 valence electrons. The third-order valence-electron chi connectivity index (χ3n) is 3.57. The Labute approximate surface area is 123 Å². The van der Waals surface area contributed by atoms with Crippen molar-refractivity contribution < 1.29 is 14.3 Å². The molecule has 1 atom stereocenters. The average Bonchev–Trinajstić information content (AvgIpc) is 2.52. The van der Waals surface area contributed by atoms with Gasteiger partial charge in [-0.2, -0.15) is 0 Å². The van der Waals surface area contributed by atoms with Gasteiger partial charge >= 0.3 is 0 Å². The predicted molar refractivity (Wildman–Crippen MR) is 80.7 cm³/mol. The Bertz CT molecular complexity index is 651. The van der Waals surface area contributed by atoms with Crippen LogP contribution in [0, 0.1) is 0 Å². The number of amides is 1. The Hall–Kier alpha value is -2.49. The molecular weight excluding hydrogens is 266 g/mol. The molecule has 2 aromatic carbocycles. The Morgan fingerprint density at radius 2 is 1.86 bits per heavy atom.